The SMILES string of the molecule is COC(=O)c1c2ccccc2n2cc(C(=O)NS(C)(=O)=O)ccc12. The molecule has 8 heteroatoms. The highest BCUT2D eigenvalue weighted by Gasteiger charge is 2.20. The van der Waals surface area contributed by atoms with Crippen LogP contribution in [-0.2, 0) is 14.8 Å². The third kappa shape index (κ3) is 2.71. The first kappa shape index (κ1) is 16.0. The van der Waals surface area contributed by atoms with Gasteiger partial charge < -0.3 is 9.14 Å². The first-order valence-electron chi connectivity index (χ1n) is 6.95. The quantitative estimate of drug-likeness (QED) is 0.727. The molecule has 24 heavy (non-hydrogen) atoms. The predicted molar refractivity (Wildman–Crippen MR) is 88.6 cm³/mol. The van der Waals surface area contributed by atoms with Gasteiger partial charge in [0.15, 0.2) is 0 Å². The van der Waals surface area contributed by atoms with Crippen LogP contribution in [0, 0.1) is 0 Å². The molecule has 1 amide bonds. The van der Waals surface area contributed by atoms with Crippen molar-refractivity contribution in [3.63, 3.8) is 0 Å². The zero-order chi connectivity index (χ0) is 17.5. The summed E-state index contributed by atoms with van der Waals surface area (Å²) in [5.74, 6) is -1.22. The van der Waals surface area contributed by atoms with Gasteiger partial charge >= 0.3 is 5.97 Å². The van der Waals surface area contributed by atoms with E-state index < -0.39 is 21.9 Å². The van der Waals surface area contributed by atoms with Crippen LogP contribution in [0.15, 0.2) is 42.6 Å². The summed E-state index contributed by atoms with van der Waals surface area (Å²) in [6.45, 7) is 0. The van der Waals surface area contributed by atoms with Gasteiger partial charge in [0.05, 0.1) is 35.5 Å². The zero-order valence-corrected chi connectivity index (χ0v) is 13.8. The number of carbonyl (C=O) groups excluding carboxylic acids is 2. The number of hydrogen-bond acceptors (Lipinski definition) is 5. The highest BCUT2D eigenvalue weighted by atomic mass is 32.2. The summed E-state index contributed by atoms with van der Waals surface area (Å²) in [5.41, 5.74) is 1.83. The molecule has 3 aromatic rings. The Morgan fingerprint density at radius 1 is 1.08 bits per heavy atom. The Bertz CT molecular complexity index is 1080. The van der Waals surface area contributed by atoms with Crippen LogP contribution in [-0.4, -0.2) is 38.1 Å². The number of ether oxygens (including phenoxy) is 1. The van der Waals surface area contributed by atoms with Crippen molar-refractivity contribution in [2.24, 2.45) is 0 Å². The minimum Gasteiger partial charge on any atom is -0.465 e. The van der Waals surface area contributed by atoms with Gasteiger partial charge in [0.2, 0.25) is 10.0 Å². The second-order valence-corrected chi connectivity index (χ2v) is 7.01. The molecule has 1 N–H and O–H groups in total. The van der Waals surface area contributed by atoms with E-state index >= 15 is 0 Å². The number of amides is 1. The molecule has 0 spiro atoms. The minimum atomic E-state index is -3.66. The van der Waals surface area contributed by atoms with E-state index in [4.69, 9.17) is 4.74 Å². The van der Waals surface area contributed by atoms with Crippen molar-refractivity contribution < 1.29 is 22.7 Å². The predicted octanol–water partition coefficient (Wildman–Crippen LogP) is 1.57. The van der Waals surface area contributed by atoms with E-state index in [0.29, 0.717) is 22.0 Å². The number of esters is 1. The molecule has 0 saturated heterocycles. The maximum atomic E-state index is 12.1. The summed E-state index contributed by atoms with van der Waals surface area (Å²) in [6.07, 6.45) is 2.40. The summed E-state index contributed by atoms with van der Waals surface area (Å²) in [4.78, 5) is 24.2. The monoisotopic (exact) mass is 346 g/mol. The summed E-state index contributed by atoms with van der Waals surface area (Å²) in [6, 6.07) is 10.2. The van der Waals surface area contributed by atoms with Crippen LogP contribution in [0.4, 0.5) is 0 Å². The lowest BCUT2D eigenvalue weighted by Gasteiger charge is -2.05. The van der Waals surface area contributed by atoms with Gasteiger partial charge in [0.25, 0.3) is 5.91 Å². The molecular formula is C16H14N2O5S. The molecule has 0 radical (unpaired) electrons. The Hall–Kier alpha value is -2.87. The van der Waals surface area contributed by atoms with Crippen LogP contribution in [0.2, 0.25) is 0 Å². The Morgan fingerprint density at radius 2 is 1.79 bits per heavy atom. The van der Waals surface area contributed by atoms with Gasteiger partial charge in [-0.3, -0.25) is 4.79 Å². The second-order valence-electron chi connectivity index (χ2n) is 5.26. The first-order valence-corrected chi connectivity index (χ1v) is 8.84. The summed E-state index contributed by atoms with van der Waals surface area (Å²) < 4.78 is 30.9. The molecule has 0 atom stereocenters. The molecule has 0 bridgehead atoms. The summed E-state index contributed by atoms with van der Waals surface area (Å²) in [5, 5.41) is 0.685. The molecule has 124 valence electrons. The van der Waals surface area contributed by atoms with E-state index in [9.17, 15) is 18.0 Å². The number of nitrogens with zero attached hydrogens (tertiary/aromatic N) is 1. The smallest absolute Gasteiger partial charge is 0.340 e. The molecule has 0 saturated carbocycles. The number of rotatable bonds is 3. The van der Waals surface area contributed by atoms with Crippen molar-refractivity contribution in [2.75, 3.05) is 13.4 Å². The van der Waals surface area contributed by atoms with E-state index in [1.54, 1.807) is 34.7 Å². The topological polar surface area (TPSA) is 93.9 Å². The fraction of sp³-hybridized carbons (Fsp3) is 0.125. The van der Waals surface area contributed by atoms with Gasteiger partial charge in [0.1, 0.15) is 0 Å². The molecular weight excluding hydrogens is 332 g/mol. The Labute approximate surface area is 137 Å². The van der Waals surface area contributed by atoms with E-state index in [1.165, 1.54) is 19.4 Å². The summed E-state index contributed by atoms with van der Waals surface area (Å²) in [7, 11) is -2.36. The number of methoxy groups -OCH3 is 1. The van der Waals surface area contributed by atoms with Crippen molar-refractivity contribution in [2.45, 2.75) is 0 Å². The number of carbonyl (C=O) groups is 2. The average molecular weight is 346 g/mol. The molecule has 1 aromatic carbocycles. The highest BCUT2D eigenvalue weighted by molar-refractivity contribution is 7.89. The van der Waals surface area contributed by atoms with Crippen LogP contribution in [0.25, 0.3) is 16.4 Å². The fourth-order valence-electron chi connectivity index (χ4n) is 2.62. The van der Waals surface area contributed by atoms with Crippen LogP contribution in [0.1, 0.15) is 20.7 Å². The maximum absolute atomic E-state index is 12.1. The number of sulfonamides is 1. The van der Waals surface area contributed by atoms with Crippen molar-refractivity contribution in [3.05, 3.63) is 53.7 Å². The molecule has 2 aromatic heterocycles. The van der Waals surface area contributed by atoms with Crippen molar-refractivity contribution in [3.8, 4) is 0 Å². The number of fused-ring (bicyclic) bond motifs is 3. The van der Waals surface area contributed by atoms with Crippen molar-refractivity contribution >= 4 is 38.3 Å². The third-order valence-corrected chi connectivity index (χ3v) is 4.12. The molecule has 0 aliphatic heterocycles. The van der Waals surface area contributed by atoms with E-state index in [1.807, 2.05) is 4.72 Å². The summed E-state index contributed by atoms with van der Waals surface area (Å²) >= 11 is 0. The minimum absolute atomic E-state index is 0.157. The second kappa shape index (κ2) is 5.64. The lowest BCUT2D eigenvalue weighted by atomic mass is 10.1. The maximum Gasteiger partial charge on any atom is 0.340 e. The number of pyridine rings is 1. The molecule has 0 aliphatic rings. The van der Waals surface area contributed by atoms with Gasteiger partial charge in [-0.15, -0.1) is 0 Å². The first-order chi connectivity index (χ1) is 11.3. The van der Waals surface area contributed by atoms with Crippen LogP contribution < -0.4 is 4.72 Å². The van der Waals surface area contributed by atoms with Gasteiger partial charge in [-0.1, -0.05) is 18.2 Å². The third-order valence-electron chi connectivity index (χ3n) is 3.57. The molecule has 0 unspecified atom stereocenters. The van der Waals surface area contributed by atoms with E-state index in [0.717, 1.165) is 6.26 Å². The highest BCUT2D eigenvalue weighted by Crippen LogP contribution is 2.27. The largest absolute Gasteiger partial charge is 0.465 e. The molecule has 3 rings (SSSR count). The van der Waals surface area contributed by atoms with Crippen LogP contribution in [0.5, 0.6) is 0 Å². The number of hydrogen-bond donors (Lipinski definition) is 1. The van der Waals surface area contributed by atoms with Crippen molar-refractivity contribution in [1.29, 1.82) is 0 Å². The van der Waals surface area contributed by atoms with Gasteiger partial charge in [-0.25, -0.2) is 17.9 Å². The number of nitrogens with one attached hydrogen (secondary N) is 1. The molecule has 2 heterocycles. The zero-order valence-electron chi connectivity index (χ0n) is 12.9. The Morgan fingerprint density at radius 3 is 2.46 bits per heavy atom. The van der Waals surface area contributed by atoms with Crippen molar-refractivity contribution in [1.82, 2.24) is 9.12 Å². The average Bonchev–Trinajstić information content (AvgIpc) is 2.86. The van der Waals surface area contributed by atoms with Gasteiger partial charge in [-0.05, 0) is 18.2 Å². The van der Waals surface area contributed by atoms with E-state index in [-0.39, 0.29) is 5.56 Å². The Balaban J connectivity index is 2.26. The normalized spacial score (nSPS) is 11.6. The fourth-order valence-corrected chi connectivity index (χ4v) is 3.07. The van der Waals surface area contributed by atoms with E-state index in [2.05, 4.69) is 0 Å². The standard InChI is InChI=1S/C16H14N2O5S/c1-23-16(20)14-11-5-3-4-6-12(11)18-9-10(7-8-13(14)18)15(19)17-24(2,21)22/h3-9H,1-2H3,(H,17,19). The van der Waals surface area contributed by atoms with Crippen LogP contribution in [0.3, 0.4) is 0 Å². The molecule has 0 fully saturated rings. The molecule has 0 aliphatic carbocycles. The van der Waals surface area contributed by atoms with Crippen LogP contribution >= 0.6 is 0 Å². The lowest BCUT2D eigenvalue weighted by Crippen LogP contribution is -2.29. The lowest BCUT2D eigenvalue weighted by molar-refractivity contribution is 0.0605. The molecule has 7 nitrogen and oxygen atoms in total. The Kier molecular flexibility index (Phi) is 3.76. The van der Waals surface area contributed by atoms with Gasteiger partial charge in [-0.2, -0.15) is 0 Å². The van der Waals surface area contributed by atoms with Gasteiger partial charge in [0, 0.05) is 11.6 Å². The number of benzene rings is 1. The number of aromatic nitrogens is 1. The number of para-hydroxylation sites is 1.